The van der Waals surface area contributed by atoms with Gasteiger partial charge in [0, 0.05) is 31.5 Å². The van der Waals surface area contributed by atoms with E-state index >= 15 is 0 Å². The second kappa shape index (κ2) is 11.0. The van der Waals surface area contributed by atoms with Gasteiger partial charge in [0.1, 0.15) is 0 Å². The van der Waals surface area contributed by atoms with E-state index in [1.807, 2.05) is 44.3 Å². The minimum Gasteiger partial charge on any atom is -0.392 e. The van der Waals surface area contributed by atoms with Gasteiger partial charge in [-0.3, -0.25) is 9.59 Å². The normalized spacial score (nSPS) is 34.5. The first-order valence-electron chi connectivity index (χ1n) is 14.0. The highest BCUT2D eigenvalue weighted by Crippen LogP contribution is 2.55. The van der Waals surface area contributed by atoms with Crippen LogP contribution in [0.4, 0.5) is 0 Å². The van der Waals surface area contributed by atoms with E-state index in [9.17, 15) is 14.7 Å². The van der Waals surface area contributed by atoms with E-state index in [1.54, 1.807) is 4.90 Å². The summed E-state index contributed by atoms with van der Waals surface area (Å²) in [5.74, 6) is 0.503. The molecular formula is C30H46N2O3. The SMILES string of the molecule is C[C@@H]1[C@@H]2[C@@H](O)[C@H]([C@H](C)C(=O)N(C)Cc3ccccc3)CC[C@]2(C)CC[C@@H]1NC(=O)C1CCCCC1. The van der Waals surface area contributed by atoms with E-state index in [4.69, 9.17) is 0 Å². The van der Waals surface area contributed by atoms with Crippen molar-refractivity contribution in [2.75, 3.05) is 7.05 Å². The van der Waals surface area contributed by atoms with E-state index in [2.05, 4.69) is 19.2 Å². The molecule has 5 heteroatoms. The quantitative estimate of drug-likeness (QED) is 0.588. The summed E-state index contributed by atoms with van der Waals surface area (Å²) in [7, 11) is 1.87. The summed E-state index contributed by atoms with van der Waals surface area (Å²) in [6.45, 7) is 7.12. The third-order valence-electron chi connectivity index (χ3n) is 9.86. The summed E-state index contributed by atoms with van der Waals surface area (Å²) in [5, 5.41) is 15.1. The lowest BCUT2D eigenvalue weighted by Gasteiger charge is -2.56. The smallest absolute Gasteiger partial charge is 0.225 e. The average Bonchev–Trinajstić information content (AvgIpc) is 2.86. The van der Waals surface area contributed by atoms with Gasteiger partial charge in [0.25, 0.3) is 0 Å². The Bertz CT molecular complexity index is 868. The zero-order chi connectivity index (χ0) is 25.2. The van der Waals surface area contributed by atoms with Crippen LogP contribution in [-0.2, 0) is 16.1 Å². The average molecular weight is 483 g/mol. The van der Waals surface area contributed by atoms with Crippen LogP contribution in [0.5, 0.6) is 0 Å². The molecule has 0 heterocycles. The highest BCUT2D eigenvalue weighted by atomic mass is 16.3. The maximum Gasteiger partial charge on any atom is 0.225 e. The van der Waals surface area contributed by atoms with Crippen molar-refractivity contribution < 1.29 is 14.7 Å². The first-order valence-corrected chi connectivity index (χ1v) is 14.0. The van der Waals surface area contributed by atoms with Crippen LogP contribution in [0, 0.1) is 35.0 Å². The number of hydrogen-bond donors (Lipinski definition) is 2. The molecule has 0 saturated heterocycles. The van der Waals surface area contributed by atoms with Crippen molar-refractivity contribution >= 4 is 11.8 Å². The van der Waals surface area contributed by atoms with Crippen LogP contribution < -0.4 is 5.32 Å². The lowest BCUT2D eigenvalue weighted by Crippen LogP contribution is -2.59. The number of rotatable bonds is 6. The molecule has 3 saturated carbocycles. The van der Waals surface area contributed by atoms with Crippen molar-refractivity contribution in [2.45, 2.75) is 97.2 Å². The molecule has 2 N–H and O–H groups in total. The van der Waals surface area contributed by atoms with Gasteiger partial charge in [-0.15, -0.1) is 0 Å². The molecule has 0 spiro atoms. The fourth-order valence-corrected chi connectivity index (χ4v) is 7.63. The number of aliphatic hydroxyl groups is 1. The van der Waals surface area contributed by atoms with Gasteiger partial charge >= 0.3 is 0 Å². The largest absolute Gasteiger partial charge is 0.392 e. The van der Waals surface area contributed by atoms with Crippen LogP contribution in [0.25, 0.3) is 0 Å². The minimum absolute atomic E-state index is 0.0472. The highest BCUT2D eigenvalue weighted by molar-refractivity contribution is 5.79. The molecule has 0 radical (unpaired) electrons. The number of aliphatic hydroxyl groups excluding tert-OH is 1. The lowest BCUT2D eigenvalue weighted by molar-refractivity contribution is -0.150. The van der Waals surface area contributed by atoms with Crippen LogP contribution in [0.2, 0.25) is 0 Å². The first kappa shape index (κ1) is 26.2. The number of amides is 2. The Balaban J connectivity index is 1.42. The Kier molecular flexibility index (Phi) is 8.25. The molecule has 35 heavy (non-hydrogen) atoms. The predicted molar refractivity (Wildman–Crippen MR) is 139 cm³/mol. The van der Waals surface area contributed by atoms with Gasteiger partial charge in [-0.25, -0.2) is 0 Å². The van der Waals surface area contributed by atoms with Crippen molar-refractivity contribution in [2.24, 2.45) is 35.0 Å². The number of benzene rings is 1. The second-order valence-corrected chi connectivity index (χ2v) is 12.2. The zero-order valence-corrected chi connectivity index (χ0v) is 22.2. The van der Waals surface area contributed by atoms with Crippen LogP contribution in [0.1, 0.15) is 84.1 Å². The molecule has 3 aliphatic rings. The standard InChI is InChI=1S/C30H46N2O3/c1-20(29(35)32(4)19-22-11-7-5-8-12-22)24-15-17-30(3)18-16-25(21(2)26(30)27(24)33)31-28(34)23-13-9-6-10-14-23/h5,7-8,11-12,20-21,23-27,33H,6,9-10,13-19H2,1-4H3,(H,31,34)/t20-,21-,24-,25-,26+,27-,30+/m0/s1. The van der Waals surface area contributed by atoms with Crippen LogP contribution in [0.3, 0.4) is 0 Å². The number of nitrogens with one attached hydrogen (secondary N) is 1. The van der Waals surface area contributed by atoms with Crippen molar-refractivity contribution in [3.63, 3.8) is 0 Å². The molecule has 5 nitrogen and oxygen atoms in total. The third-order valence-corrected chi connectivity index (χ3v) is 9.86. The number of fused-ring (bicyclic) bond motifs is 1. The maximum absolute atomic E-state index is 13.4. The Morgan fingerprint density at radius 3 is 2.43 bits per heavy atom. The van der Waals surface area contributed by atoms with Crippen molar-refractivity contribution in [3.05, 3.63) is 35.9 Å². The fourth-order valence-electron chi connectivity index (χ4n) is 7.63. The summed E-state index contributed by atoms with van der Waals surface area (Å²) < 4.78 is 0. The summed E-state index contributed by atoms with van der Waals surface area (Å²) >= 11 is 0. The number of carbonyl (C=O) groups is 2. The zero-order valence-electron chi connectivity index (χ0n) is 22.2. The minimum atomic E-state index is -0.526. The van der Waals surface area contributed by atoms with E-state index in [0.29, 0.717) is 6.54 Å². The molecule has 3 fully saturated rings. The molecule has 7 atom stereocenters. The van der Waals surface area contributed by atoms with E-state index in [-0.39, 0.29) is 52.9 Å². The third kappa shape index (κ3) is 5.60. The number of hydrogen-bond acceptors (Lipinski definition) is 3. The molecule has 4 rings (SSSR count). The molecule has 3 aliphatic carbocycles. The van der Waals surface area contributed by atoms with Crippen LogP contribution in [-0.4, -0.2) is 41.0 Å². The Morgan fingerprint density at radius 2 is 1.74 bits per heavy atom. The molecule has 0 aliphatic heterocycles. The molecule has 194 valence electrons. The summed E-state index contributed by atoms with van der Waals surface area (Å²) in [6, 6.07) is 10.2. The maximum atomic E-state index is 13.4. The van der Waals surface area contributed by atoms with Gasteiger partial charge in [-0.2, -0.15) is 0 Å². The first-order chi connectivity index (χ1) is 16.7. The van der Waals surface area contributed by atoms with E-state index < -0.39 is 6.10 Å². The molecule has 2 amide bonds. The van der Waals surface area contributed by atoms with Crippen molar-refractivity contribution in [1.82, 2.24) is 10.2 Å². The Labute approximate surface area is 212 Å². The van der Waals surface area contributed by atoms with Gasteiger partial charge in [-0.1, -0.05) is 70.4 Å². The molecule has 1 aromatic rings. The lowest BCUT2D eigenvalue weighted by atomic mass is 9.51. The number of nitrogens with zero attached hydrogens (tertiary/aromatic N) is 1. The predicted octanol–water partition coefficient (Wildman–Crippen LogP) is 5.17. The summed E-state index contributed by atoms with van der Waals surface area (Å²) in [4.78, 5) is 28.2. The van der Waals surface area contributed by atoms with E-state index in [0.717, 1.165) is 56.9 Å². The van der Waals surface area contributed by atoms with E-state index in [1.165, 1.54) is 6.42 Å². The molecule has 0 unspecified atom stereocenters. The van der Waals surface area contributed by atoms with Gasteiger partial charge in [0.15, 0.2) is 0 Å². The fraction of sp³-hybridized carbons (Fsp3) is 0.733. The Morgan fingerprint density at radius 1 is 1.09 bits per heavy atom. The van der Waals surface area contributed by atoms with Crippen LogP contribution in [0.15, 0.2) is 30.3 Å². The van der Waals surface area contributed by atoms with Crippen molar-refractivity contribution in [1.29, 1.82) is 0 Å². The summed E-state index contributed by atoms with van der Waals surface area (Å²) in [6.07, 6.45) is 8.98. The molecular weight excluding hydrogens is 436 g/mol. The van der Waals surface area contributed by atoms with Gasteiger partial charge in [0.05, 0.1) is 6.10 Å². The molecule has 1 aromatic carbocycles. The van der Waals surface area contributed by atoms with Gasteiger partial charge in [0.2, 0.25) is 11.8 Å². The van der Waals surface area contributed by atoms with Crippen LogP contribution >= 0.6 is 0 Å². The van der Waals surface area contributed by atoms with Crippen molar-refractivity contribution in [3.8, 4) is 0 Å². The Hall–Kier alpha value is -1.88. The highest BCUT2D eigenvalue weighted by Gasteiger charge is 2.54. The number of carbonyl (C=O) groups excluding carboxylic acids is 2. The molecule has 0 aromatic heterocycles. The summed E-state index contributed by atoms with van der Waals surface area (Å²) in [5.41, 5.74) is 1.19. The second-order valence-electron chi connectivity index (χ2n) is 12.2. The van der Waals surface area contributed by atoms with Gasteiger partial charge in [-0.05, 0) is 67.3 Å². The van der Waals surface area contributed by atoms with Gasteiger partial charge < -0.3 is 15.3 Å². The topological polar surface area (TPSA) is 69.6 Å². The monoisotopic (exact) mass is 482 g/mol. The molecule has 0 bridgehead atoms.